The van der Waals surface area contributed by atoms with E-state index in [4.69, 9.17) is 4.74 Å². The summed E-state index contributed by atoms with van der Waals surface area (Å²) in [6, 6.07) is 4.95. The van der Waals surface area contributed by atoms with E-state index >= 15 is 0 Å². The van der Waals surface area contributed by atoms with Gasteiger partial charge in [0.05, 0.1) is 23.5 Å². The molecule has 6 atom stereocenters. The number of aromatic nitrogens is 4. The maximum atomic E-state index is 13.6. The molecule has 3 aromatic rings. The summed E-state index contributed by atoms with van der Waals surface area (Å²) in [5.41, 5.74) is 4.84. The Bertz CT molecular complexity index is 1100. The fraction of sp³-hybridized carbons (Fsp3) is 0.458. The molecule has 0 amide bonds. The molecule has 0 bridgehead atoms. The van der Waals surface area contributed by atoms with Gasteiger partial charge < -0.3 is 20.1 Å². The van der Waals surface area contributed by atoms with E-state index in [-0.39, 0.29) is 0 Å². The lowest BCUT2D eigenvalue weighted by Crippen LogP contribution is -2.34. The summed E-state index contributed by atoms with van der Waals surface area (Å²) >= 11 is 0. The number of alkyl halides is 1. The van der Waals surface area contributed by atoms with Crippen molar-refractivity contribution in [2.75, 3.05) is 0 Å². The largest absolute Gasteiger partial charge is 0.388 e. The van der Waals surface area contributed by atoms with Crippen molar-refractivity contribution in [2.45, 2.75) is 71.4 Å². The number of hydrogen-bond acceptors (Lipinski definition) is 7. The average Bonchev–Trinajstić information content (AvgIpc) is 3.32. The van der Waals surface area contributed by atoms with Crippen LogP contribution in [0.2, 0.25) is 0 Å². The molecule has 0 aliphatic carbocycles. The first-order valence-electron chi connectivity index (χ1n) is 10.9. The zero-order valence-electron chi connectivity index (χ0n) is 19.4. The zero-order chi connectivity index (χ0) is 24.3. The van der Waals surface area contributed by atoms with Gasteiger partial charge in [-0.1, -0.05) is 18.2 Å². The van der Waals surface area contributed by atoms with Crippen LogP contribution in [-0.2, 0) is 4.74 Å². The molecule has 0 spiro atoms. The topological polar surface area (TPSA) is 114 Å². The van der Waals surface area contributed by atoms with Crippen molar-refractivity contribution in [2.24, 2.45) is 0 Å². The minimum absolute atomic E-state index is 0.472. The average molecular weight is 459 g/mol. The number of imidazole rings is 1. The summed E-state index contributed by atoms with van der Waals surface area (Å²) in [7, 11) is 0. The smallest absolute Gasteiger partial charge is 0.174 e. The molecule has 178 valence electrons. The Labute approximate surface area is 192 Å². The molecule has 8 nitrogen and oxygen atoms in total. The number of ether oxygens (including phenoxy) is 1. The van der Waals surface area contributed by atoms with Crippen molar-refractivity contribution < 1.29 is 24.4 Å². The lowest BCUT2D eigenvalue weighted by molar-refractivity contribution is -0.0635. The highest BCUT2D eigenvalue weighted by molar-refractivity contribution is 5.76. The molecule has 0 radical (unpaired) electrons. The van der Waals surface area contributed by atoms with Crippen molar-refractivity contribution in [3.63, 3.8) is 0 Å². The van der Waals surface area contributed by atoms with Crippen LogP contribution in [0.1, 0.15) is 55.7 Å². The fourth-order valence-corrected chi connectivity index (χ4v) is 3.85. The van der Waals surface area contributed by atoms with Gasteiger partial charge in [-0.15, -0.1) is 0 Å². The van der Waals surface area contributed by atoms with Crippen molar-refractivity contribution in [1.82, 2.24) is 19.5 Å². The number of allylic oxidation sites excluding steroid dienone is 1. The van der Waals surface area contributed by atoms with E-state index in [0.717, 1.165) is 17.0 Å². The molecule has 33 heavy (non-hydrogen) atoms. The maximum absolute atomic E-state index is 13.6. The number of aryl methyl sites for hydroxylation is 2. The number of hydrogen-bond donors (Lipinski definition) is 3. The van der Waals surface area contributed by atoms with Crippen molar-refractivity contribution >= 4 is 17.1 Å². The fourth-order valence-electron chi connectivity index (χ4n) is 3.85. The highest BCUT2D eigenvalue weighted by atomic mass is 19.1. The van der Waals surface area contributed by atoms with Gasteiger partial charge in [-0.3, -0.25) is 4.57 Å². The highest BCUT2D eigenvalue weighted by Gasteiger charge is 2.44. The Balaban J connectivity index is 0.000000235. The molecular formula is C24H31FN4O4. The molecule has 3 heterocycles. The predicted octanol–water partition coefficient (Wildman–Crippen LogP) is 3.19. The molecule has 0 saturated carbocycles. The number of aliphatic hydroxyl groups excluding tert-OH is 3. The molecule has 1 fully saturated rings. The number of benzene rings is 1. The van der Waals surface area contributed by atoms with Gasteiger partial charge >= 0.3 is 0 Å². The van der Waals surface area contributed by atoms with Crippen molar-refractivity contribution in [1.29, 1.82) is 0 Å². The van der Waals surface area contributed by atoms with Crippen LogP contribution in [-0.4, -0.2) is 59.3 Å². The minimum Gasteiger partial charge on any atom is -0.388 e. The standard InChI is InChI=1S/C15H19FN2O4.C9H12N2/c1-7-12(19)14(21)15(22-7)13(20)9-3-4-10-11(5-9)18(6-17-10)8(2)16;1-4-5-9-7(2)10-6-11-8(9)3/h3-8,12-15,19-21H,1-2H3;4-6H,1-3H3/b;5-4-. The molecule has 1 aliphatic rings. The third-order valence-corrected chi connectivity index (χ3v) is 5.79. The second-order valence-corrected chi connectivity index (χ2v) is 8.16. The van der Waals surface area contributed by atoms with Crippen LogP contribution in [0, 0.1) is 13.8 Å². The van der Waals surface area contributed by atoms with Crippen LogP contribution in [0.25, 0.3) is 17.1 Å². The minimum atomic E-state index is -1.24. The zero-order valence-corrected chi connectivity index (χ0v) is 19.4. The van der Waals surface area contributed by atoms with Gasteiger partial charge in [0.1, 0.15) is 30.7 Å². The molecule has 1 aromatic carbocycles. The first-order valence-corrected chi connectivity index (χ1v) is 10.9. The molecule has 1 aliphatic heterocycles. The summed E-state index contributed by atoms with van der Waals surface area (Å²) in [6.07, 6.45) is 0.950. The SMILES string of the molecule is C/C=C\c1c(C)ncnc1C.CC1OC(C(O)c2ccc3ncn(C(C)F)c3c2)C(O)C1O. The number of nitrogens with zero attached hydrogens (tertiary/aromatic N) is 4. The molecular weight excluding hydrogens is 427 g/mol. The molecule has 2 aromatic heterocycles. The van der Waals surface area contributed by atoms with E-state index in [2.05, 4.69) is 15.0 Å². The lowest BCUT2D eigenvalue weighted by Gasteiger charge is -2.21. The normalized spacial score (nSPS) is 24.6. The van der Waals surface area contributed by atoms with Crippen LogP contribution in [0.3, 0.4) is 0 Å². The summed E-state index contributed by atoms with van der Waals surface area (Å²) in [5, 5.41) is 30.1. The van der Waals surface area contributed by atoms with Gasteiger partial charge in [0, 0.05) is 17.0 Å². The van der Waals surface area contributed by atoms with Crippen molar-refractivity contribution in [3.8, 4) is 0 Å². The third kappa shape index (κ3) is 5.27. The Hall–Kier alpha value is -2.72. The number of aliphatic hydroxyl groups is 3. The molecule has 1 saturated heterocycles. The van der Waals surface area contributed by atoms with Crippen LogP contribution in [0.4, 0.5) is 4.39 Å². The summed E-state index contributed by atoms with van der Waals surface area (Å²) in [5.74, 6) is 0. The van der Waals surface area contributed by atoms with E-state index < -0.39 is 36.8 Å². The van der Waals surface area contributed by atoms with Crippen LogP contribution in [0.5, 0.6) is 0 Å². The Morgan fingerprint density at radius 1 is 1.12 bits per heavy atom. The Morgan fingerprint density at radius 2 is 1.79 bits per heavy atom. The number of rotatable bonds is 4. The molecule has 4 rings (SSSR count). The van der Waals surface area contributed by atoms with Gasteiger partial charge in [0.2, 0.25) is 0 Å². The molecule has 6 unspecified atom stereocenters. The summed E-state index contributed by atoms with van der Waals surface area (Å²) in [4.78, 5) is 12.3. The van der Waals surface area contributed by atoms with Gasteiger partial charge in [-0.05, 0) is 52.3 Å². The predicted molar refractivity (Wildman–Crippen MR) is 123 cm³/mol. The van der Waals surface area contributed by atoms with Crippen molar-refractivity contribution in [3.05, 3.63) is 59.4 Å². The second-order valence-electron chi connectivity index (χ2n) is 8.16. The monoisotopic (exact) mass is 458 g/mol. The van der Waals surface area contributed by atoms with E-state index in [1.807, 2.05) is 32.9 Å². The maximum Gasteiger partial charge on any atom is 0.174 e. The van der Waals surface area contributed by atoms with Gasteiger partial charge in [-0.2, -0.15) is 0 Å². The van der Waals surface area contributed by atoms with Gasteiger partial charge in [-0.25, -0.2) is 19.3 Å². The summed E-state index contributed by atoms with van der Waals surface area (Å²) in [6.45, 7) is 9.00. The highest BCUT2D eigenvalue weighted by Crippen LogP contribution is 2.32. The number of halogens is 1. The first kappa shape index (κ1) is 24.9. The van der Waals surface area contributed by atoms with Gasteiger partial charge in [0.25, 0.3) is 0 Å². The third-order valence-electron chi connectivity index (χ3n) is 5.79. The Morgan fingerprint density at radius 3 is 2.33 bits per heavy atom. The second kappa shape index (κ2) is 10.5. The molecule has 9 heteroatoms. The van der Waals surface area contributed by atoms with Crippen LogP contribution < -0.4 is 0 Å². The first-order chi connectivity index (χ1) is 15.6. The number of fused-ring (bicyclic) bond motifs is 1. The van der Waals surface area contributed by atoms with Crippen LogP contribution >= 0.6 is 0 Å². The van der Waals surface area contributed by atoms with Crippen LogP contribution in [0.15, 0.2) is 36.9 Å². The van der Waals surface area contributed by atoms with Gasteiger partial charge in [0.15, 0.2) is 6.30 Å². The van der Waals surface area contributed by atoms with E-state index in [0.29, 0.717) is 16.6 Å². The summed E-state index contributed by atoms with van der Waals surface area (Å²) < 4.78 is 20.3. The lowest BCUT2D eigenvalue weighted by atomic mass is 9.98. The van der Waals surface area contributed by atoms with E-state index in [1.54, 1.807) is 31.5 Å². The Kier molecular flexibility index (Phi) is 7.91. The quantitative estimate of drug-likeness (QED) is 0.550. The van der Waals surface area contributed by atoms with E-state index in [1.165, 1.54) is 17.8 Å². The van der Waals surface area contributed by atoms with E-state index in [9.17, 15) is 19.7 Å². The molecule has 3 N–H and O–H groups in total.